The minimum absolute atomic E-state index is 0.0204. The van der Waals surface area contributed by atoms with E-state index in [4.69, 9.17) is 9.47 Å². The number of carbonyl (C=O) groups excluding carboxylic acids is 3. The molecular formula is C29H29N3O5. The monoisotopic (exact) mass is 499 g/mol. The molecule has 1 atom stereocenters. The highest BCUT2D eigenvalue weighted by atomic mass is 16.7. The Morgan fingerprint density at radius 1 is 0.892 bits per heavy atom. The second kappa shape index (κ2) is 11.2. The molecule has 0 aliphatic carbocycles. The van der Waals surface area contributed by atoms with E-state index >= 15 is 0 Å². The molecule has 0 bridgehead atoms. The zero-order chi connectivity index (χ0) is 25.6. The van der Waals surface area contributed by atoms with E-state index in [0.717, 1.165) is 17.5 Å². The highest BCUT2D eigenvalue weighted by molar-refractivity contribution is 6.04. The van der Waals surface area contributed by atoms with E-state index in [9.17, 15) is 14.4 Å². The largest absolute Gasteiger partial charge is 0.454 e. The summed E-state index contributed by atoms with van der Waals surface area (Å²) in [6, 6.07) is 22.1. The van der Waals surface area contributed by atoms with Crippen LogP contribution in [0.2, 0.25) is 0 Å². The number of nitrogens with zero attached hydrogens (tertiary/aromatic N) is 1. The van der Waals surface area contributed by atoms with Crippen LogP contribution in [0.3, 0.4) is 0 Å². The van der Waals surface area contributed by atoms with Gasteiger partial charge in [0.05, 0.1) is 23.6 Å². The molecule has 1 fully saturated rings. The highest BCUT2D eigenvalue weighted by Crippen LogP contribution is 2.32. The first-order chi connectivity index (χ1) is 18.1. The Bertz CT molecular complexity index is 1290. The summed E-state index contributed by atoms with van der Waals surface area (Å²) in [6.45, 7) is 1.52. The second-order valence-corrected chi connectivity index (χ2v) is 9.25. The molecule has 8 heteroatoms. The summed E-state index contributed by atoms with van der Waals surface area (Å²) in [4.78, 5) is 40.7. The van der Waals surface area contributed by atoms with Gasteiger partial charge in [-0.15, -0.1) is 0 Å². The molecule has 0 saturated carbocycles. The Morgan fingerprint density at radius 2 is 1.68 bits per heavy atom. The van der Waals surface area contributed by atoms with Crippen molar-refractivity contribution < 1.29 is 23.9 Å². The Kier molecular flexibility index (Phi) is 7.35. The standard InChI is InChI=1S/C29H29N3O5/c33-27(16-20-7-2-1-3-8-20)32-14-6-9-22(18-32)28(34)31-24-11-5-4-10-23(24)29(35)30-17-21-12-13-25-26(15-21)37-19-36-25/h1-5,7-8,10-13,15,22H,6,9,14,16-19H2,(H,30,35)(H,31,34). The molecule has 3 aromatic rings. The van der Waals surface area contributed by atoms with Gasteiger partial charge in [-0.25, -0.2) is 0 Å². The Balaban J connectivity index is 1.19. The average molecular weight is 500 g/mol. The number of anilines is 1. The first-order valence-electron chi connectivity index (χ1n) is 12.4. The molecule has 5 rings (SSSR count). The highest BCUT2D eigenvalue weighted by Gasteiger charge is 2.29. The quantitative estimate of drug-likeness (QED) is 0.516. The molecule has 3 aromatic carbocycles. The Labute approximate surface area is 215 Å². The van der Waals surface area contributed by atoms with Crippen molar-refractivity contribution in [1.82, 2.24) is 10.2 Å². The predicted molar refractivity (Wildman–Crippen MR) is 138 cm³/mol. The minimum Gasteiger partial charge on any atom is -0.454 e. The lowest BCUT2D eigenvalue weighted by Gasteiger charge is -2.32. The first-order valence-corrected chi connectivity index (χ1v) is 12.4. The van der Waals surface area contributed by atoms with Crippen LogP contribution in [0.4, 0.5) is 5.69 Å². The summed E-state index contributed by atoms with van der Waals surface area (Å²) in [6.07, 6.45) is 1.78. The van der Waals surface area contributed by atoms with Gasteiger partial charge in [-0.2, -0.15) is 0 Å². The van der Waals surface area contributed by atoms with Crippen molar-refractivity contribution in [1.29, 1.82) is 0 Å². The van der Waals surface area contributed by atoms with Gasteiger partial charge in [-0.1, -0.05) is 48.5 Å². The lowest BCUT2D eigenvalue weighted by molar-refractivity contribution is -0.133. The van der Waals surface area contributed by atoms with Crippen LogP contribution in [-0.4, -0.2) is 42.5 Å². The topological polar surface area (TPSA) is 97.0 Å². The van der Waals surface area contributed by atoms with Crippen molar-refractivity contribution in [3.63, 3.8) is 0 Å². The van der Waals surface area contributed by atoms with Crippen LogP contribution in [0.25, 0.3) is 0 Å². The maximum absolute atomic E-state index is 13.1. The molecule has 0 radical (unpaired) electrons. The van der Waals surface area contributed by atoms with Gasteiger partial charge in [-0.3, -0.25) is 14.4 Å². The molecule has 37 heavy (non-hydrogen) atoms. The summed E-state index contributed by atoms with van der Waals surface area (Å²) < 4.78 is 10.7. The van der Waals surface area contributed by atoms with Gasteiger partial charge in [0.15, 0.2) is 11.5 Å². The number of hydrogen-bond donors (Lipinski definition) is 2. The molecule has 0 aromatic heterocycles. The molecule has 3 amide bonds. The molecule has 1 saturated heterocycles. The fourth-order valence-corrected chi connectivity index (χ4v) is 4.65. The number of hydrogen-bond acceptors (Lipinski definition) is 5. The summed E-state index contributed by atoms with van der Waals surface area (Å²) in [5, 5.41) is 5.83. The summed E-state index contributed by atoms with van der Waals surface area (Å²) >= 11 is 0. The summed E-state index contributed by atoms with van der Waals surface area (Å²) in [5.74, 6) is 0.546. The first kappa shape index (κ1) is 24.4. The van der Waals surface area contributed by atoms with Gasteiger partial charge in [0.25, 0.3) is 5.91 Å². The Morgan fingerprint density at radius 3 is 2.54 bits per heavy atom. The van der Waals surface area contributed by atoms with E-state index in [1.54, 1.807) is 29.2 Å². The van der Waals surface area contributed by atoms with Gasteiger partial charge in [0, 0.05) is 19.6 Å². The van der Waals surface area contributed by atoms with Gasteiger partial charge < -0.3 is 25.0 Å². The van der Waals surface area contributed by atoms with Gasteiger partial charge >= 0.3 is 0 Å². The van der Waals surface area contributed by atoms with Crippen molar-refractivity contribution in [2.75, 3.05) is 25.2 Å². The van der Waals surface area contributed by atoms with Gasteiger partial charge in [-0.05, 0) is 48.2 Å². The van der Waals surface area contributed by atoms with Crippen molar-refractivity contribution in [2.24, 2.45) is 5.92 Å². The van der Waals surface area contributed by atoms with E-state index in [1.165, 1.54) is 0 Å². The number of rotatable bonds is 7. The van der Waals surface area contributed by atoms with Crippen molar-refractivity contribution in [2.45, 2.75) is 25.8 Å². The molecule has 190 valence electrons. The van der Waals surface area contributed by atoms with Crippen LogP contribution in [0.1, 0.15) is 34.3 Å². The zero-order valence-electron chi connectivity index (χ0n) is 20.4. The van der Waals surface area contributed by atoms with Gasteiger partial charge in [0.1, 0.15) is 0 Å². The number of fused-ring (bicyclic) bond motifs is 1. The number of nitrogens with one attached hydrogen (secondary N) is 2. The fraction of sp³-hybridized carbons (Fsp3) is 0.276. The molecule has 8 nitrogen and oxygen atoms in total. The number of amides is 3. The molecule has 2 aliphatic rings. The Hall–Kier alpha value is -4.33. The van der Waals surface area contributed by atoms with Crippen molar-refractivity contribution >= 4 is 23.4 Å². The molecule has 2 N–H and O–H groups in total. The van der Waals surface area contributed by atoms with E-state index in [0.29, 0.717) is 55.2 Å². The summed E-state index contributed by atoms with van der Waals surface area (Å²) in [5.41, 5.74) is 2.66. The molecular weight excluding hydrogens is 470 g/mol. The van der Waals surface area contributed by atoms with E-state index < -0.39 is 0 Å². The number of benzene rings is 3. The number of carbonyl (C=O) groups is 3. The van der Waals surface area contributed by atoms with Crippen molar-refractivity contribution in [3.05, 3.63) is 89.5 Å². The normalized spacial score (nSPS) is 16.2. The predicted octanol–water partition coefficient (Wildman–Crippen LogP) is 3.77. The van der Waals surface area contributed by atoms with E-state index in [-0.39, 0.29) is 30.4 Å². The third kappa shape index (κ3) is 5.91. The van der Waals surface area contributed by atoms with E-state index in [1.807, 2.05) is 48.5 Å². The second-order valence-electron chi connectivity index (χ2n) is 9.25. The number of para-hydroxylation sites is 1. The molecule has 2 heterocycles. The third-order valence-corrected chi connectivity index (χ3v) is 6.66. The fourth-order valence-electron chi connectivity index (χ4n) is 4.65. The third-order valence-electron chi connectivity index (χ3n) is 6.66. The van der Waals surface area contributed by atoms with Crippen LogP contribution in [0.15, 0.2) is 72.8 Å². The van der Waals surface area contributed by atoms with Crippen molar-refractivity contribution in [3.8, 4) is 11.5 Å². The maximum Gasteiger partial charge on any atom is 0.253 e. The van der Waals surface area contributed by atoms with Crippen LogP contribution >= 0.6 is 0 Å². The van der Waals surface area contributed by atoms with E-state index in [2.05, 4.69) is 10.6 Å². The SMILES string of the molecule is O=C(NCc1ccc2c(c1)OCO2)c1ccccc1NC(=O)C1CCCN(C(=O)Cc2ccccc2)C1. The zero-order valence-corrected chi connectivity index (χ0v) is 20.4. The summed E-state index contributed by atoms with van der Waals surface area (Å²) in [7, 11) is 0. The molecule has 0 spiro atoms. The number of ether oxygens (including phenoxy) is 2. The maximum atomic E-state index is 13.1. The molecule has 1 unspecified atom stereocenters. The number of piperidine rings is 1. The lowest BCUT2D eigenvalue weighted by Crippen LogP contribution is -2.44. The van der Waals surface area contributed by atoms with Crippen LogP contribution in [0, 0.1) is 5.92 Å². The smallest absolute Gasteiger partial charge is 0.253 e. The lowest BCUT2D eigenvalue weighted by atomic mass is 9.96. The van der Waals surface area contributed by atoms with Crippen LogP contribution in [-0.2, 0) is 22.6 Å². The number of likely N-dealkylation sites (tertiary alicyclic amines) is 1. The molecule has 2 aliphatic heterocycles. The van der Waals surface area contributed by atoms with Crippen LogP contribution < -0.4 is 20.1 Å². The average Bonchev–Trinajstić information content (AvgIpc) is 3.41. The van der Waals surface area contributed by atoms with Crippen LogP contribution in [0.5, 0.6) is 11.5 Å². The minimum atomic E-state index is -0.335. The van der Waals surface area contributed by atoms with Gasteiger partial charge in [0.2, 0.25) is 18.6 Å².